The van der Waals surface area contributed by atoms with Gasteiger partial charge in [-0.3, -0.25) is 9.59 Å². The van der Waals surface area contributed by atoms with E-state index in [1.165, 1.54) is 18.3 Å². The molecule has 3 aromatic rings. The van der Waals surface area contributed by atoms with Crippen LogP contribution in [0, 0.1) is 0 Å². The van der Waals surface area contributed by atoms with Crippen LogP contribution in [-0.2, 0) is 9.59 Å². The first kappa shape index (κ1) is 18.2. The van der Waals surface area contributed by atoms with Gasteiger partial charge in [0.05, 0.1) is 29.8 Å². The van der Waals surface area contributed by atoms with E-state index in [0.29, 0.717) is 5.13 Å². The third-order valence-electron chi connectivity index (χ3n) is 4.69. The Labute approximate surface area is 166 Å². The van der Waals surface area contributed by atoms with Crippen molar-refractivity contribution in [1.82, 2.24) is 9.88 Å². The van der Waals surface area contributed by atoms with Crippen LogP contribution in [0.15, 0.2) is 48.7 Å². The Morgan fingerprint density at radius 3 is 2.86 bits per heavy atom. The maximum Gasteiger partial charge on any atom is 0.228 e. The number of hydrogen-bond donors (Lipinski definition) is 1. The van der Waals surface area contributed by atoms with E-state index in [0.717, 1.165) is 27.1 Å². The highest BCUT2D eigenvalue weighted by atomic mass is 32.1. The van der Waals surface area contributed by atoms with Gasteiger partial charge >= 0.3 is 0 Å². The van der Waals surface area contributed by atoms with Gasteiger partial charge < -0.3 is 15.0 Å². The molecule has 2 aromatic carbocycles. The molecule has 0 saturated carbocycles. The number of carbonyl (C=O) groups excluding carboxylic acids is 2. The minimum absolute atomic E-state index is 0.101. The second-order valence-electron chi connectivity index (χ2n) is 6.49. The van der Waals surface area contributed by atoms with E-state index in [1.54, 1.807) is 18.2 Å². The molecule has 0 aliphatic carbocycles. The normalized spacial score (nSPS) is 15.4. The van der Waals surface area contributed by atoms with Gasteiger partial charge in [-0.1, -0.05) is 35.6 Å². The number of aromatic nitrogens is 1. The molecule has 0 saturated heterocycles. The van der Waals surface area contributed by atoms with Gasteiger partial charge in [0, 0.05) is 13.1 Å². The minimum Gasteiger partial charge on any atom is -0.497 e. The average Bonchev–Trinajstić information content (AvgIpc) is 3.08. The van der Waals surface area contributed by atoms with Gasteiger partial charge in [0.15, 0.2) is 5.13 Å². The molecule has 0 spiro atoms. The van der Waals surface area contributed by atoms with Crippen LogP contribution in [0.3, 0.4) is 0 Å². The van der Waals surface area contributed by atoms with Crippen LogP contribution < -0.4 is 10.1 Å². The highest BCUT2D eigenvalue weighted by molar-refractivity contribution is 7.22. The number of nitrogens with zero attached hydrogens (tertiary/aromatic N) is 2. The fourth-order valence-electron chi connectivity index (χ4n) is 3.34. The standard InChI is InChI=1S/C21H19N3O3S/c1-13(25)24-10-9-14-5-3-4-6-16(14)18(24)12-20(26)23-21-22-17-8-7-15(27-2)11-19(17)28-21/h3-11,18H,12H2,1-2H3,(H,22,23,26)/t18-/m1/s1. The fraction of sp³-hybridized carbons (Fsp3) is 0.190. The number of thiazole rings is 1. The SMILES string of the molecule is COc1ccc2nc(NC(=O)C[C@@H]3c4ccccc4C=CN3C(C)=O)sc2c1. The van der Waals surface area contributed by atoms with E-state index in [2.05, 4.69) is 10.3 Å². The summed E-state index contributed by atoms with van der Waals surface area (Å²) in [7, 11) is 1.61. The van der Waals surface area contributed by atoms with E-state index in [4.69, 9.17) is 4.74 Å². The third-order valence-corrected chi connectivity index (χ3v) is 5.62. The molecule has 2 heterocycles. The molecule has 0 radical (unpaired) electrons. The number of rotatable bonds is 4. The number of amides is 2. The molecular weight excluding hydrogens is 374 g/mol. The average molecular weight is 393 g/mol. The second-order valence-corrected chi connectivity index (χ2v) is 7.52. The van der Waals surface area contributed by atoms with Crippen molar-refractivity contribution in [2.75, 3.05) is 12.4 Å². The molecular formula is C21H19N3O3S. The van der Waals surface area contributed by atoms with E-state index in [-0.39, 0.29) is 24.3 Å². The molecule has 142 valence electrons. The van der Waals surface area contributed by atoms with Crippen LogP contribution in [0.5, 0.6) is 5.75 Å². The van der Waals surface area contributed by atoms with Gasteiger partial charge in [0.25, 0.3) is 0 Å². The van der Waals surface area contributed by atoms with Gasteiger partial charge in [-0.15, -0.1) is 0 Å². The lowest BCUT2D eigenvalue weighted by Gasteiger charge is -2.32. The van der Waals surface area contributed by atoms with E-state index in [9.17, 15) is 9.59 Å². The zero-order valence-electron chi connectivity index (χ0n) is 15.5. The quantitative estimate of drug-likeness (QED) is 0.721. The summed E-state index contributed by atoms with van der Waals surface area (Å²) in [5, 5.41) is 3.40. The monoisotopic (exact) mass is 393 g/mol. The third kappa shape index (κ3) is 3.48. The zero-order chi connectivity index (χ0) is 19.7. The number of anilines is 1. The van der Waals surface area contributed by atoms with E-state index < -0.39 is 0 Å². The summed E-state index contributed by atoms with van der Waals surface area (Å²) in [4.78, 5) is 30.8. The van der Waals surface area contributed by atoms with Crippen molar-refractivity contribution in [2.45, 2.75) is 19.4 Å². The summed E-state index contributed by atoms with van der Waals surface area (Å²) in [5.41, 5.74) is 2.78. The number of hydrogen-bond acceptors (Lipinski definition) is 5. The van der Waals surface area contributed by atoms with Crippen LogP contribution >= 0.6 is 11.3 Å². The van der Waals surface area contributed by atoms with Crippen molar-refractivity contribution in [3.05, 3.63) is 59.8 Å². The van der Waals surface area contributed by atoms with Crippen LogP contribution in [-0.4, -0.2) is 28.8 Å². The highest BCUT2D eigenvalue weighted by Crippen LogP contribution is 2.34. The molecule has 1 aliphatic rings. The van der Waals surface area contributed by atoms with Crippen molar-refractivity contribution in [2.24, 2.45) is 0 Å². The molecule has 28 heavy (non-hydrogen) atoms. The maximum absolute atomic E-state index is 12.7. The van der Waals surface area contributed by atoms with Crippen LogP contribution in [0.1, 0.15) is 30.5 Å². The highest BCUT2D eigenvalue weighted by Gasteiger charge is 2.28. The molecule has 2 amide bonds. The van der Waals surface area contributed by atoms with Crippen molar-refractivity contribution in [3.63, 3.8) is 0 Å². The smallest absolute Gasteiger partial charge is 0.228 e. The summed E-state index contributed by atoms with van der Waals surface area (Å²) >= 11 is 1.39. The Hall–Kier alpha value is -3.19. The van der Waals surface area contributed by atoms with Crippen LogP contribution in [0.2, 0.25) is 0 Å². The van der Waals surface area contributed by atoms with Gasteiger partial charge in [-0.2, -0.15) is 0 Å². The van der Waals surface area contributed by atoms with E-state index in [1.807, 2.05) is 48.5 Å². The topological polar surface area (TPSA) is 71.5 Å². The van der Waals surface area contributed by atoms with Gasteiger partial charge in [0.2, 0.25) is 11.8 Å². The number of methoxy groups -OCH3 is 1. The molecule has 1 aliphatic heterocycles. The predicted octanol–water partition coefficient (Wildman–Crippen LogP) is 4.21. The molecule has 0 bridgehead atoms. The number of fused-ring (bicyclic) bond motifs is 2. The van der Waals surface area contributed by atoms with Crippen molar-refractivity contribution in [1.29, 1.82) is 0 Å². The Morgan fingerprint density at radius 1 is 1.25 bits per heavy atom. The number of benzene rings is 2. The lowest BCUT2D eigenvalue weighted by molar-refractivity contribution is -0.129. The maximum atomic E-state index is 12.7. The Bertz CT molecular complexity index is 1090. The Morgan fingerprint density at radius 2 is 2.07 bits per heavy atom. The molecule has 1 aromatic heterocycles. The summed E-state index contributed by atoms with van der Waals surface area (Å²) in [6.45, 7) is 1.50. The first-order valence-corrected chi connectivity index (χ1v) is 9.67. The fourth-order valence-corrected chi connectivity index (χ4v) is 4.25. The van der Waals surface area contributed by atoms with E-state index >= 15 is 0 Å². The first-order chi connectivity index (χ1) is 13.5. The Kier molecular flexibility index (Phi) is 4.83. The van der Waals surface area contributed by atoms with Crippen molar-refractivity contribution in [3.8, 4) is 5.75 Å². The first-order valence-electron chi connectivity index (χ1n) is 8.85. The molecule has 7 heteroatoms. The number of ether oxygens (including phenoxy) is 1. The van der Waals surface area contributed by atoms with Crippen LogP contribution in [0.25, 0.3) is 16.3 Å². The zero-order valence-corrected chi connectivity index (χ0v) is 16.3. The Balaban J connectivity index is 1.55. The van der Waals surface area contributed by atoms with Gasteiger partial charge in [0.1, 0.15) is 5.75 Å². The largest absolute Gasteiger partial charge is 0.497 e. The second kappa shape index (κ2) is 7.44. The van der Waals surface area contributed by atoms with Gasteiger partial charge in [-0.25, -0.2) is 4.98 Å². The number of carbonyl (C=O) groups is 2. The van der Waals surface area contributed by atoms with Crippen LogP contribution in [0.4, 0.5) is 5.13 Å². The molecule has 6 nitrogen and oxygen atoms in total. The molecule has 1 atom stereocenters. The lowest BCUT2D eigenvalue weighted by Crippen LogP contribution is -2.33. The molecule has 1 N–H and O–H groups in total. The molecule has 4 rings (SSSR count). The van der Waals surface area contributed by atoms with Gasteiger partial charge in [-0.05, 0) is 35.4 Å². The number of nitrogens with one attached hydrogen (secondary N) is 1. The predicted molar refractivity (Wildman–Crippen MR) is 110 cm³/mol. The molecule has 0 fully saturated rings. The summed E-state index contributed by atoms with van der Waals surface area (Å²) in [6, 6.07) is 13.0. The molecule has 0 unspecified atom stereocenters. The lowest BCUT2D eigenvalue weighted by atomic mass is 9.93. The summed E-state index contributed by atoms with van der Waals surface area (Å²) in [5.74, 6) is 0.458. The van der Waals surface area contributed by atoms with Crippen molar-refractivity contribution < 1.29 is 14.3 Å². The van der Waals surface area contributed by atoms with Crippen molar-refractivity contribution >= 4 is 44.6 Å². The summed E-state index contributed by atoms with van der Waals surface area (Å²) < 4.78 is 6.16. The minimum atomic E-state index is -0.340. The summed E-state index contributed by atoms with van der Waals surface area (Å²) in [6.07, 6.45) is 3.79.